The lowest BCUT2D eigenvalue weighted by Gasteiger charge is -2.19. The first kappa shape index (κ1) is 12.9. The molecule has 0 aliphatic carbocycles. The molecule has 0 saturated carbocycles. The van der Waals surface area contributed by atoms with E-state index < -0.39 is 0 Å². The van der Waals surface area contributed by atoms with Crippen LogP contribution in [0.15, 0.2) is 30.3 Å². The fraction of sp³-hybridized carbons (Fsp3) is 0.333. The van der Waals surface area contributed by atoms with Crippen LogP contribution >= 0.6 is 0 Å². The smallest absolute Gasteiger partial charge is 0.168 e. The summed E-state index contributed by atoms with van der Waals surface area (Å²) >= 11 is 0. The fourth-order valence-electron chi connectivity index (χ4n) is 2.22. The number of aromatic nitrogens is 2. The van der Waals surface area contributed by atoms with E-state index in [0.29, 0.717) is 25.6 Å². The van der Waals surface area contributed by atoms with Gasteiger partial charge in [0.2, 0.25) is 0 Å². The highest BCUT2D eigenvalue weighted by atomic mass is 16.5. The molecule has 1 aliphatic rings. The molecule has 5 heteroatoms. The number of hydrogen-bond donors (Lipinski definition) is 1. The van der Waals surface area contributed by atoms with Crippen LogP contribution in [0.25, 0.3) is 0 Å². The second-order valence-electron chi connectivity index (χ2n) is 4.57. The SMILES string of the molecule is CNc1nc(COc2ccccc2)nc2c1COCC2. The molecule has 2 heterocycles. The van der Waals surface area contributed by atoms with Crippen LogP contribution in [0.5, 0.6) is 5.75 Å². The second kappa shape index (κ2) is 5.88. The van der Waals surface area contributed by atoms with Gasteiger partial charge in [-0.3, -0.25) is 0 Å². The quantitative estimate of drug-likeness (QED) is 0.923. The number of fused-ring (bicyclic) bond motifs is 1. The number of para-hydroxylation sites is 1. The zero-order chi connectivity index (χ0) is 13.8. The molecule has 0 radical (unpaired) electrons. The van der Waals surface area contributed by atoms with E-state index in [0.717, 1.165) is 29.2 Å². The molecule has 0 spiro atoms. The number of nitrogens with one attached hydrogen (secondary N) is 1. The summed E-state index contributed by atoms with van der Waals surface area (Å²) < 4.78 is 11.2. The van der Waals surface area contributed by atoms with Crippen molar-refractivity contribution in [1.82, 2.24) is 9.97 Å². The Labute approximate surface area is 118 Å². The highest BCUT2D eigenvalue weighted by molar-refractivity contribution is 5.46. The molecule has 0 fully saturated rings. The molecule has 3 rings (SSSR count). The Balaban J connectivity index is 1.79. The second-order valence-corrected chi connectivity index (χ2v) is 4.57. The van der Waals surface area contributed by atoms with Crippen molar-refractivity contribution in [2.45, 2.75) is 19.6 Å². The minimum absolute atomic E-state index is 0.368. The van der Waals surface area contributed by atoms with Crippen LogP contribution < -0.4 is 10.1 Å². The van der Waals surface area contributed by atoms with Gasteiger partial charge in [0.1, 0.15) is 18.2 Å². The van der Waals surface area contributed by atoms with Gasteiger partial charge >= 0.3 is 0 Å². The molecule has 2 aromatic rings. The van der Waals surface area contributed by atoms with E-state index in [-0.39, 0.29) is 0 Å². The van der Waals surface area contributed by atoms with E-state index in [1.165, 1.54) is 0 Å². The maximum Gasteiger partial charge on any atom is 0.168 e. The molecule has 1 N–H and O–H groups in total. The van der Waals surface area contributed by atoms with Crippen molar-refractivity contribution in [2.75, 3.05) is 19.0 Å². The molecule has 0 bridgehead atoms. The average molecular weight is 271 g/mol. The third kappa shape index (κ3) is 2.72. The summed E-state index contributed by atoms with van der Waals surface area (Å²) in [6, 6.07) is 9.69. The van der Waals surface area contributed by atoms with Crippen LogP contribution in [0.4, 0.5) is 5.82 Å². The van der Waals surface area contributed by atoms with Crippen molar-refractivity contribution in [3.8, 4) is 5.75 Å². The Morgan fingerprint density at radius 1 is 1.25 bits per heavy atom. The van der Waals surface area contributed by atoms with E-state index in [4.69, 9.17) is 9.47 Å². The van der Waals surface area contributed by atoms with Crippen molar-refractivity contribution >= 4 is 5.82 Å². The van der Waals surface area contributed by atoms with Gasteiger partial charge in [0, 0.05) is 19.0 Å². The summed E-state index contributed by atoms with van der Waals surface area (Å²) in [5.74, 6) is 2.35. The van der Waals surface area contributed by atoms with E-state index in [1.807, 2.05) is 37.4 Å². The molecule has 0 atom stereocenters. The number of hydrogen-bond acceptors (Lipinski definition) is 5. The Bertz CT molecular complexity index is 570. The zero-order valence-corrected chi connectivity index (χ0v) is 11.4. The van der Waals surface area contributed by atoms with Gasteiger partial charge in [0.25, 0.3) is 0 Å². The highest BCUT2D eigenvalue weighted by Crippen LogP contribution is 2.22. The van der Waals surface area contributed by atoms with Gasteiger partial charge in [-0.1, -0.05) is 18.2 Å². The molecule has 104 valence electrons. The molecule has 20 heavy (non-hydrogen) atoms. The van der Waals surface area contributed by atoms with Crippen molar-refractivity contribution in [3.05, 3.63) is 47.4 Å². The zero-order valence-electron chi connectivity index (χ0n) is 11.4. The molecule has 1 aromatic carbocycles. The first-order valence-electron chi connectivity index (χ1n) is 6.69. The summed E-state index contributed by atoms with van der Waals surface area (Å²) in [6.45, 7) is 1.66. The van der Waals surface area contributed by atoms with Crippen LogP contribution in [0.2, 0.25) is 0 Å². The number of ether oxygens (including phenoxy) is 2. The predicted molar refractivity (Wildman–Crippen MR) is 75.7 cm³/mol. The van der Waals surface area contributed by atoms with Gasteiger partial charge in [0.05, 0.1) is 18.9 Å². The molecule has 0 unspecified atom stereocenters. The summed E-state index contributed by atoms with van der Waals surface area (Å²) in [5, 5.41) is 3.11. The predicted octanol–water partition coefficient (Wildman–Crippen LogP) is 2.17. The lowest BCUT2D eigenvalue weighted by molar-refractivity contribution is 0.109. The third-order valence-corrected chi connectivity index (χ3v) is 3.22. The lowest BCUT2D eigenvalue weighted by Crippen LogP contribution is -2.17. The van der Waals surface area contributed by atoms with Gasteiger partial charge < -0.3 is 14.8 Å². The first-order chi connectivity index (χ1) is 9.86. The number of benzene rings is 1. The van der Waals surface area contributed by atoms with Crippen LogP contribution in [-0.2, 0) is 24.4 Å². The topological polar surface area (TPSA) is 56.3 Å². The Hall–Kier alpha value is -2.14. The first-order valence-corrected chi connectivity index (χ1v) is 6.69. The molecular weight excluding hydrogens is 254 g/mol. The van der Waals surface area contributed by atoms with Crippen molar-refractivity contribution in [2.24, 2.45) is 0 Å². The van der Waals surface area contributed by atoms with Crippen LogP contribution in [0, 0.1) is 0 Å². The van der Waals surface area contributed by atoms with Crippen molar-refractivity contribution in [1.29, 1.82) is 0 Å². The lowest BCUT2D eigenvalue weighted by atomic mass is 10.1. The summed E-state index contributed by atoms with van der Waals surface area (Å²) in [6.07, 6.45) is 0.824. The monoisotopic (exact) mass is 271 g/mol. The standard InChI is InChI=1S/C15H17N3O2/c1-16-15-12-9-19-8-7-13(12)17-14(18-15)10-20-11-5-3-2-4-6-11/h2-6H,7-10H2,1H3,(H,16,17,18). The van der Waals surface area contributed by atoms with Crippen molar-refractivity contribution in [3.63, 3.8) is 0 Å². The Morgan fingerprint density at radius 2 is 2.10 bits per heavy atom. The number of rotatable bonds is 4. The van der Waals surface area contributed by atoms with E-state index in [2.05, 4.69) is 15.3 Å². The number of nitrogens with zero attached hydrogens (tertiary/aromatic N) is 2. The maximum absolute atomic E-state index is 5.70. The molecular formula is C15H17N3O2. The van der Waals surface area contributed by atoms with Gasteiger partial charge in [-0.15, -0.1) is 0 Å². The van der Waals surface area contributed by atoms with Crippen LogP contribution in [-0.4, -0.2) is 23.6 Å². The molecule has 5 nitrogen and oxygen atoms in total. The normalized spacial score (nSPS) is 13.7. The Kier molecular flexibility index (Phi) is 3.78. The molecule has 0 amide bonds. The molecule has 0 saturated heterocycles. The van der Waals surface area contributed by atoms with Gasteiger partial charge in [0.15, 0.2) is 5.82 Å². The maximum atomic E-state index is 5.70. The minimum atomic E-state index is 0.368. The highest BCUT2D eigenvalue weighted by Gasteiger charge is 2.17. The average Bonchev–Trinajstić information content (AvgIpc) is 2.53. The van der Waals surface area contributed by atoms with Crippen LogP contribution in [0.1, 0.15) is 17.1 Å². The molecule has 1 aliphatic heterocycles. The fourth-order valence-corrected chi connectivity index (χ4v) is 2.22. The summed E-state index contributed by atoms with van der Waals surface area (Å²) in [4.78, 5) is 9.07. The van der Waals surface area contributed by atoms with E-state index >= 15 is 0 Å². The Morgan fingerprint density at radius 3 is 2.90 bits per heavy atom. The van der Waals surface area contributed by atoms with E-state index in [1.54, 1.807) is 0 Å². The summed E-state index contributed by atoms with van der Waals surface area (Å²) in [5.41, 5.74) is 2.12. The largest absolute Gasteiger partial charge is 0.486 e. The number of anilines is 1. The van der Waals surface area contributed by atoms with Crippen molar-refractivity contribution < 1.29 is 9.47 Å². The summed E-state index contributed by atoms with van der Waals surface area (Å²) in [7, 11) is 1.86. The van der Waals surface area contributed by atoms with E-state index in [9.17, 15) is 0 Å². The van der Waals surface area contributed by atoms with Gasteiger partial charge in [-0.2, -0.15) is 0 Å². The molecule has 1 aromatic heterocycles. The van der Waals surface area contributed by atoms with Crippen LogP contribution in [0.3, 0.4) is 0 Å². The minimum Gasteiger partial charge on any atom is -0.486 e. The third-order valence-electron chi connectivity index (χ3n) is 3.22. The van der Waals surface area contributed by atoms with Gasteiger partial charge in [-0.05, 0) is 12.1 Å². The van der Waals surface area contributed by atoms with Gasteiger partial charge in [-0.25, -0.2) is 9.97 Å².